The van der Waals surface area contributed by atoms with Crippen LogP contribution in [0.5, 0.6) is 5.75 Å². The Labute approximate surface area is 88.9 Å². The molecule has 0 saturated heterocycles. The van der Waals surface area contributed by atoms with E-state index in [0.717, 1.165) is 18.3 Å². The predicted octanol–water partition coefficient (Wildman–Crippen LogP) is 2.85. The van der Waals surface area contributed by atoms with Gasteiger partial charge in [0.15, 0.2) is 6.29 Å². The maximum Gasteiger partial charge on any atom is 0.150 e. The van der Waals surface area contributed by atoms with Gasteiger partial charge in [-0.05, 0) is 29.7 Å². The van der Waals surface area contributed by atoms with Gasteiger partial charge >= 0.3 is 0 Å². The van der Waals surface area contributed by atoms with E-state index in [1.165, 1.54) is 5.57 Å². The standard InChI is InChI=1S/C13H12O2/c1-15-12-6-7-13(11(8-12)9-14)10-4-2-3-5-10/h2-4,6-9H,5H2,1H3. The number of hydrogen-bond donors (Lipinski definition) is 0. The Balaban J connectivity index is 2.43. The molecule has 0 atom stereocenters. The second kappa shape index (κ2) is 4.13. The number of aldehydes is 1. The van der Waals surface area contributed by atoms with Crippen molar-refractivity contribution in [3.8, 4) is 5.75 Å². The summed E-state index contributed by atoms with van der Waals surface area (Å²) in [5, 5.41) is 0. The van der Waals surface area contributed by atoms with Crippen molar-refractivity contribution in [3.63, 3.8) is 0 Å². The van der Waals surface area contributed by atoms with Crippen LogP contribution in [-0.2, 0) is 0 Å². The van der Waals surface area contributed by atoms with Gasteiger partial charge in [0.2, 0.25) is 0 Å². The summed E-state index contributed by atoms with van der Waals surface area (Å²) in [4.78, 5) is 10.9. The molecule has 0 bridgehead atoms. The Kier molecular flexibility index (Phi) is 2.68. The highest BCUT2D eigenvalue weighted by molar-refractivity contribution is 5.87. The summed E-state index contributed by atoms with van der Waals surface area (Å²) in [6.07, 6.45) is 7.89. The van der Waals surface area contributed by atoms with E-state index in [9.17, 15) is 4.79 Å². The smallest absolute Gasteiger partial charge is 0.150 e. The third-order valence-electron chi connectivity index (χ3n) is 2.50. The predicted molar refractivity (Wildman–Crippen MR) is 60.1 cm³/mol. The van der Waals surface area contributed by atoms with Crippen LogP contribution in [0, 0.1) is 0 Å². The van der Waals surface area contributed by atoms with Gasteiger partial charge in [-0.25, -0.2) is 0 Å². The highest BCUT2D eigenvalue weighted by Crippen LogP contribution is 2.27. The molecule has 2 rings (SSSR count). The van der Waals surface area contributed by atoms with E-state index in [4.69, 9.17) is 4.74 Å². The Morgan fingerprint density at radius 3 is 2.87 bits per heavy atom. The van der Waals surface area contributed by atoms with Crippen molar-refractivity contribution in [1.82, 2.24) is 0 Å². The average Bonchev–Trinajstić information content (AvgIpc) is 2.81. The van der Waals surface area contributed by atoms with Crippen molar-refractivity contribution in [2.24, 2.45) is 0 Å². The lowest BCUT2D eigenvalue weighted by Crippen LogP contribution is -1.92. The molecule has 1 aliphatic rings. The number of hydrogen-bond acceptors (Lipinski definition) is 2. The van der Waals surface area contributed by atoms with Crippen LogP contribution in [0.3, 0.4) is 0 Å². The number of carbonyl (C=O) groups is 1. The van der Waals surface area contributed by atoms with Crippen LogP contribution >= 0.6 is 0 Å². The minimum atomic E-state index is 0.685. The molecule has 0 heterocycles. The first-order valence-corrected chi connectivity index (χ1v) is 4.84. The Morgan fingerprint density at radius 1 is 1.40 bits per heavy atom. The summed E-state index contributed by atoms with van der Waals surface area (Å²) in [6, 6.07) is 5.57. The van der Waals surface area contributed by atoms with Crippen LogP contribution in [0.4, 0.5) is 0 Å². The molecule has 76 valence electrons. The molecular formula is C13H12O2. The number of rotatable bonds is 3. The fourth-order valence-corrected chi connectivity index (χ4v) is 1.70. The first-order valence-electron chi connectivity index (χ1n) is 4.84. The largest absolute Gasteiger partial charge is 0.497 e. The van der Waals surface area contributed by atoms with Gasteiger partial charge in [0.05, 0.1) is 7.11 Å². The maximum absolute atomic E-state index is 10.9. The molecule has 0 amide bonds. The lowest BCUT2D eigenvalue weighted by molar-refractivity contribution is 0.112. The second-order valence-corrected chi connectivity index (χ2v) is 3.40. The fraction of sp³-hybridized carbons (Fsp3) is 0.154. The molecule has 15 heavy (non-hydrogen) atoms. The van der Waals surface area contributed by atoms with Crippen molar-refractivity contribution < 1.29 is 9.53 Å². The van der Waals surface area contributed by atoms with Crippen molar-refractivity contribution in [2.75, 3.05) is 7.11 Å². The zero-order valence-electron chi connectivity index (χ0n) is 8.57. The minimum Gasteiger partial charge on any atom is -0.497 e. The van der Waals surface area contributed by atoms with Crippen LogP contribution in [0.25, 0.3) is 5.57 Å². The number of carbonyl (C=O) groups excluding carboxylic acids is 1. The summed E-state index contributed by atoms with van der Waals surface area (Å²) in [5.41, 5.74) is 2.86. The van der Waals surface area contributed by atoms with Crippen molar-refractivity contribution in [3.05, 3.63) is 47.6 Å². The molecule has 1 aromatic rings. The fourth-order valence-electron chi connectivity index (χ4n) is 1.70. The van der Waals surface area contributed by atoms with E-state index in [-0.39, 0.29) is 0 Å². The third kappa shape index (κ3) is 1.84. The number of allylic oxidation sites excluding steroid dienone is 4. The molecular weight excluding hydrogens is 188 g/mol. The molecule has 1 aliphatic carbocycles. The van der Waals surface area contributed by atoms with E-state index in [1.54, 1.807) is 13.2 Å². The maximum atomic E-state index is 10.9. The van der Waals surface area contributed by atoms with Crippen LogP contribution in [0.1, 0.15) is 22.3 Å². The summed E-state index contributed by atoms with van der Waals surface area (Å²) < 4.78 is 5.08. The van der Waals surface area contributed by atoms with Gasteiger partial charge in [-0.3, -0.25) is 4.79 Å². The molecule has 0 aliphatic heterocycles. The first kappa shape index (κ1) is 9.71. The Morgan fingerprint density at radius 2 is 2.27 bits per heavy atom. The van der Waals surface area contributed by atoms with E-state index < -0.39 is 0 Å². The van der Waals surface area contributed by atoms with Crippen molar-refractivity contribution >= 4 is 11.9 Å². The number of ether oxygens (including phenoxy) is 1. The molecule has 0 aromatic heterocycles. The van der Waals surface area contributed by atoms with E-state index >= 15 is 0 Å². The van der Waals surface area contributed by atoms with Crippen molar-refractivity contribution in [1.29, 1.82) is 0 Å². The first-order chi connectivity index (χ1) is 7.35. The van der Waals surface area contributed by atoms with Crippen LogP contribution in [0.2, 0.25) is 0 Å². The monoisotopic (exact) mass is 200 g/mol. The van der Waals surface area contributed by atoms with Gasteiger partial charge in [0.25, 0.3) is 0 Å². The number of methoxy groups -OCH3 is 1. The van der Waals surface area contributed by atoms with Gasteiger partial charge in [-0.2, -0.15) is 0 Å². The molecule has 1 aromatic carbocycles. The van der Waals surface area contributed by atoms with Crippen LogP contribution in [0.15, 0.2) is 36.4 Å². The van der Waals surface area contributed by atoms with Crippen LogP contribution < -0.4 is 4.74 Å². The van der Waals surface area contributed by atoms with E-state index in [2.05, 4.69) is 6.08 Å². The minimum absolute atomic E-state index is 0.685. The zero-order valence-corrected chi connectivity index (χ0v) is 8.57. The van der Waals surface area contributed by atoms with E-state index in [0.29, 0.717) is 11.3 Å². The van der Waals surface area contributed by atoms with Crippen molar-refractivity contribution in [2.45, 2.75) is 6.42 Å². The molecule has 0 fully saturated rings. The topological polar surface area (TPSA) is 26.3 Å². The number of benzene rings is 1. The molecule has 0 N–H and O–H groups in total. The molecule has 0 unspecified atom stereocenters. The molecule has 2 heteroatoms. The molecule has 0 radical (unpaired) electrons. The summed E-state index contributed by atoms with van der Waals surface area (Å²) in [5.74, 6) is 0.715. The Bertz CT molecular complexity index is 442. The Hall–Kier alpha value is -1.83. The highest BCUT2D eigenvalue weighted by atomic mass is 16.5. The van der Waals surface area contributed by atoms with Gasteiger partial charge in [0.1, 0.15) is 5.75 Å². The van der Waals surface area contributed by atoms with Crippen LogP contribution in [-0.4, -0.2) is 13.4 Å². The normalized spacial score (nSPS) is 13.8. The second-order valence-electron chi connectivity index (χ2n) is 3.40. The lowest BCUT2D eigenvalue weighted by Gasteiger charge is -2.07. The third-order valence-corrected chi connectivity index (χ3v) is 2.50. The molecule has 0 saturated carbocycles. The van der Waals surface area contributed by atoms with Gasteiger partial charge in [-0.1, -0.05) is 24.3 Å². The quantitative estimate of drug-likeness (QED) is 0.701. The van der Waals surface area contributed by atoms with E-state index in [1.807, 2.05) is 24.3 Å². The average molecular weight is 200 g/mol. The van der Waals surface area contributed by atoms with Gasteiger partial charge < -0.3 is 4.74 Å². The summed E-state index contributed by atoms with van der Waals surface area (Å²) >= 11 is 0. The summed E-state index contributed by atoms with van der Waals surface area (Å²) in [7, 11) is 1.60. The SMILES string of the molecule is COc1ccc(C2=CC=CC2)c(C=O)c1. The lowest BCUT2D eigenvalue weighted by atomic mass is 9.99. The molecule has 2 nitrogen and oxygen atoms in total. The molecule has 0 spiro atoms. The zero-order chi connectivity index (χ0) is 10.7. The van der Waals surface area contributed by atoms with Gasteiger partial charge in [-0.15, -0.1) is 0 Å². The summed E-state index contributed by atoms with van der Waals surface area (Å²) in [6.45, 7) is 0. The van der Waals surface area contributed by atoms with Gasteiger partial charge in [0, 0.05) is 5.56 Å². The highest BCUT2D eigenvalue weighted by Gasteiger charge is 2.09.